The van der Waals surface area contributed by atoms with E-state index in [4.69, 9.17) is 4.74 Å². The molecule has 0 radical (unpaired) electrons. The summed E-state index contributed by atoms with van der Waals surface area (Å²) in [5.74, 6) is -0.324. The average Bonchev–Trinajstić information content (AvgIpc) is 1.85. The van der Waals surface area contributed by atoms with Crippen molar-refractivity contribution in [3.05, 3.63) is 12.2 Å². The molecule has 0 aliphatic carbocycles. The van der Waals surface area contributed by atoms with E-state index in [0.717, 1.165) is 0 Å². The molecule has 13 heavy (non-hydrogen) atoms. The summed E-state index contributed by atoms with van der Waals surface area (Å²) in [6, 6.07) is 0. The minimum absolute atomic E-state index is 0. The first kappa shape index (κ1) is 14.6. The number of ether oxygens (including phenoxy) is 1. The SMILES string of the molecule is C=C(C)C(=O)OC(C)[N+](C)(C)C.N. The smallest absolute Gasteiger partial charge is 0.337 e. The monoisotopic (exact) mass is 189 g/mol. The zero-order valence-corrected chi connectivity index (χ0v) is 9.26. The minimum atomic E-state index is -0.324. The van der Waals surface area contributed by atoms with Gasteiger partial charge in [0.1, 0.15) is 0 Å². The normalized spacial score (nSPS) is 12.7. The van der Waals surface area contributed by atoms with E-state index in [9.17, 15) is 4.79 Å². The molecule has 4 nitrogen and oxygen atoms in total. The first-order chi connectivity index (χ1) is 5.25. The number of hydrogen-bond donors (Lipinski definition) is 1. The molecule has 0 spiro atoms. The fourth-order valence-electron chi connectivity index (χ4n) is 0.414. The summed E-state index contributed by atoms with van der Waals surface area (Å²) >= 11 is 0. The van der Waals surface area contributed by atoms with Gasteiger partial charge >= 0.3 is 5.97 Å². The van der Waals surface area contributed by atoms with Crippen LogP contribution in [0.25, 0.3) is 0 Å². The number of nitrogens with zero attached hydrogens (tertiary/aromatic N) is 1. The summed E-state index contributed by atoms with van der Waals surface area (Å²) in [6.07, 6.45) is -0.144. The molecule has 1 atom stereocenters. The molecule has 0 heterocycles. The van der Waals surface area contributed by atoms with E-state index in [-0.39, 0.29) is 18.3 Å². The predicted octanol–water partition coefficient (Wildman–Crippen LogP) is 1.32. The lowest BCUT2D eigenvalue weighted by Gasteiger charge is -2.30. The first-order valence-electron chi connectivity index (χ1n) is 3.92. The first-order valence-corrected chi connectivity index (χ1v) is 3.92. The molecule has 78 valence electrons. The van der Waals surface area contributed by atoms with E-state index in [2.05, 4.69) is 6.58 Å². The molecule has 3 N–H and O–H groups in total. The molecule has 0 rings (SSSR count). The van der Waals surface area contributed by atoms with Gasteiger partial charge in [-0.3, -0.25) is 4.48 Å². The fourth-order valence-corrected chi connectivity index (χ4v) is 0.414. The molecule has 0 amide bonds. The van der Waals surface area contributed by atoms with Crippen molar-refractivity contribution in [1.82, 2.24) is 6.15 Å². The highest BCUT2D eigenvalue weighted by Crippen LogP contribution is 2.06. The molecule has 0 aromatic carbocycles. The molecule has 1 unspecified atom stereocenters. The Balaban J connectivity index is 0. The number of hydrogen-bond acceptors (Lipinski definition) is 3. The van der Waals surface area contributed by atoms with Crippen molar-refractivity contribution in [2.75, 3.05) is 21.1 Å². The zero-order chi connectivity index (χ0) is 9.94. The van der Waals surface area contributed by atoms with Crippen LogP contribution in [0.4, 0.5) is 0 Å². The largest absolute Gasteiger partial charge is 0.409 e. The molecule has 0 aromatic heterocycles. The number of rotatable bonds is 3. The van der Waals surface area contributed by atoms with E-state index < -0.39 is 0 Å². The van der Waals surface area contributed by atoms with Gasteiger partial charge in [0.15, 0.2) is 0 Å². The third-order valence-electron chi connectivity index (χ3n) is 1.72. The summed E-state index contributed by atoms with van der Waals surface area (Å²) in [4.78, 5) is 11.1. The molecule has 0 aliphatic rings. The quantitative estimate of drug-likeness (QED) is 0.315. The molecular formula is C9H21N2O2+. The third kappa shape index (κ3) is 5.38. The van der Waals surface area contributed by atoms with Gasteiger partial charge < -0.3 is 10.9 Å². The van der Waals surface area contributed by atoms with Crippen LogP contribution in [0.1, 0.15) is 13.8 Å². The van der Waals surface area contributed by atoms with Crippen LogP contribution in [-0.2, 0) is 9.53 Å². The van der Waals surface area contributed by atoms with Crippen LogP contribution in [0, 0.1) is 0 Å². The van der Waals surface area contributed by atoms with Crippen LogP contribution < -0.4 is 6.15 Å². The van der Waals surface area contributed by atoms with E-state index in [1.807, 2.05) is 28.1 Å². The Morgan fingerprint density at radius 2 is 1.77 bits per heavy atom. The minimum Gasteiger partial charge on any atom is -0.409 e. The highest BCUT2D eigenvalue weighted by Gasteiger charge is 2.22. The van der Waals surface area contributed by atoms with Crippen molar-refractivity contribution in [3.63, 3.8) is 0 Å². The molecule has 4 heteroatoms. The van der Waals surface area contributed by atoms with Gasteiger partial charge in [0.05, 0.1) is 21.1 Å². The van der Waals surface area contributed by atoms with Gasteiger partial charge in [0.2, 0.25) is 6.23 Å². The van der Waals surface area contributed by atoms with Crippen LogP contribution in [-0.4, -0.2) is 37.8 Å². The Hall–Kier alpha value is -0.870. The Morgan fingerprint density at radius 3 is 2.00 bits per heavy atom. The van der Waals surface area contributed by atoms with Crippen LogP contribution >= 0.6 is 0 Å². The van der Waals surface area contributed by atoms with Gasteiger partial charge in [0.25, 0.3) is 0 Å². The molecule has 0 fully saturated rings. The van der Waals surface area contributed by atoms with Gasteiger partial charge in [-0.1, -0.05) is 6.58 Å². The maximum Gasteiger partial charge on any atom is 0.337 e. The van der Waals surface area contributed by atoms with Gasteiger partial charge in [-0.2, -0.15) is 0 Å². The summed E-state index contributed by atoms with van der Waals surface area (Å²) < 4.78 is 5.71. The third-order valence-corrected chi connectivity index (χ3v) is 1.72. The zero-order valence-electron chi connectivity index (χ0n) is 9.26. The maximum absolute atomic E-state index is 11.1. The van der Waals surface area contributed by atoms with Gasteiger partial charge in [0, 0.05) is 12.5 Å². The van der Waals surface area contributed by atoms with E-state index in [0.29, 0.717) is 10.1 Å². The molecule has 0 aliphatic heterocycles. The number of carbonyl (C=O) groups excluding carboxylic acids is 1. The van der Waals surface area contributed by atoms with Crippen molar-refractivity contribution < 1.29 is 14.0 Å². The number of esters is 1. The Morgan fingerprint density at radius 1 is 1.38 bits per heavy atom. The predicted molar refractivity (Wildman–Crippen MR) is 53.4 cm³/mol. The number of quaternary nitrogens is 1. The van der Waals surface area contributed by atoms with Gasteiger partial charge in [-0.05, 0) is 6.92 Å². The van der Waals surface area contributed by atoms with Gasteiger partial charge in [-0.15, -0.1) is 0 Å². The Bertz CT molecular complexity index is 194. The lowest BCUT2D eigenvalue weighted by Crippen LogP contribution is -2.45. The fraction of sp³-hybridized carbons (Fsp3) is 0.667. The van der Waals surface area contributed by atoms with Crippen molar-refractivity contribution in [2.24, 2.45) is 0 Å². The van der Waals surface area contributed by atoms with Crippen LogP contribution in [0.2, 0.25) is 0 Å². The van der Waals surface area contributed by atoms with Crippen molar-refractivity contribution in [3.8, 4) is 0 Å². The molecule has 0 saturated heterocycles. The summed E-state index contributed by atoms with van der Waals surface area (Å²) in [5, 5.41) is 0. The summed E-state index contributed by atoms with van der Waals surface area (Å²) in [5.41, 5.74) is 0.440. The lowest BCUT2D eigenvalue weighted by atomic mass is 10.3. The van der Waals surface area contributed by atoms with Crippen LogP contribution in [0.3, 0.4) is 0 Å². The number of carbonyl (C=O) groups is 1. The molecule has 0 saturated carbocycles. The topological polar surface area (TPSA) is 61.3 Å². The van der Waals surface area contributed by atoms with Gasteiger partial charge in [-0.25, -0.2) is 4.79 Å². The lowest BCUT2D eigenvalue weighted by molar-refractivity contribution is -0.914. The van der Waals surface area contributed by atoms with E-state index >= 15 is 0 Å². The van der Waals surface area contributed by atoms with E-state index in [1.165, 1.54) is 0 Å². The molecule has 0 bridgehead atoms. The van der Waals surface area contributed by atoms with Crippen LogP contribution in [0.15, 0.2) is 12.2 Å². The Kier molecular flexibility index (Phi) is 5.62. The van der Waals surface area contributed by atoms with Crippen LogP contribution in [0.5, 0.6) is 0 Å². The second kappa shape index (κ2) is 4.99. The second-order valence-corrected chi connectivity index (χ2v) is 3.90. The second-order valence-electron chi connectivity index (χ2n) is 3.90. The highest BCUT2D eigenvalue weighted by molar-refractivity contribution is 5.86. The highest BCUT2D eigenvalue weighted by atomic mass is 16.6. The maximum atomic E-state index is 11.1. The average molecular weight is 189 g/mol. The molecule has 0 aromatic rings. The summed E-state index contributed by atoms with van der Waals surface area (Å²) in [6.45, 7) is 7.01. The summed E-state index contributed by atoms with van der Waals surface area (Å²) in [7, 11) is 5.91. The Labute approximate surface area is 80.3 Å². The molecular weight excluding hydrogens is 168 g/mol. The van der Waals surface area contributed by atoms with Crippen molar-refractivity contribution >= 4 is 5.97 Å². The van der Waals surface area contributed by atoms with E-state index in [1.54, 1.807) is 6.92 Å². The van der Waals surface area contributed by atoms with Crippen molar-refractivity contribution in [1.29, 1.82) is 0 Å². The van der Waals surface area contributed by atoms with Crippen molar-refractivity contribution in [2.45, 2.75) is 20.1 Å². The standard InChI is InChI=1S/C9H18NO2.H3N/c1-7(2)9(11)12-8(3)10(4,5)6;/h8H,1H2,2-6H3;1H3/q+1;.